The molecule has 0 aliphatic rings. The van der Waals surface area contributed by atoms with Crippen molar-refractivity contribution in [3.8, 4) is 11.5 Å². The highest BCUT2D eigenvalue weighted by molar-refractivity contribution is 9.10. The summed E-state index contributed by atoms with van der Waals surface area (Å²) in [6.07, 6.45) is 3.03. The number of rotatable bonds is 6. The number of benzene rings is 2. The average Bonchev–Trinajstić information content (AvgIpc) is 2.57. The number of hydrogen-bond acceptors (Lipinski definition) is 4. The van der Waals surface area contributed by atoms with Crippen molar-refractivity contribution in [2.45, 2.75) is 0 Å². The first-order chi connectivity index (χ1) is 11.0. The Morgan fingerprint density at radius 2 is 1.87 bits per heavy atom. The van der Waals surface area contributed by atoms with E-state index < -0.39 is 0 Å². The van der Waals surface area contributed by atoms with Gasteiger partial charge >= 0.3 is 0 Å². The Kier molecular flexibility index (Phi) is 6.07. The number of methoxy groups -OCH3 is 2. The third kappa shape index (κ3) is 4.50. The maximum atomic E-state index is 12.2. The van der Waals surface area contributed by atoms with E-state index in [0.717, 1.165) is 10.2 Å². The van der Waals surface area contributed by atoms with Gasteiger partial charge in [-0.1, -0.05) is 11.6 Å². The van der Waals surface area contributed by atoms with Gasteiger partial charge in [0, 0.05) is 28.0 Å². The van der Waals surface area contributed by atoms with Crippen molar-refractivity contribution in [2.75, 3.05) is 19.5 Å². The van der Waals surface area contributed by atoms with Gasteiger partial charge in [-0.25, -0.2) is 0 Å². The van der Waals surface area contributed by atoms with Crippen LogP contribution in [0.15, 0.2) is 53.1 Å². The SMILES string of the molecule is COc1ccc(C(=O)/C=C/Nc2ccc(Cl)c(Br)c2)cc1OC. The molecule has 120 valence electrons. The highest BCUT2D eigenvalue weighted by atomic mass is 79.9. The van der Waals surface area contributed by atoms with Gasteiger partial charge < -0.3 is 14.8 Å². The monoisotopic (exact) mass is 395 g/mol. The van der Waals surface area contributed by atoms with Crippen LogP contribution in [0.1, 0.15) is 10.4 Å². The third-order valence-electron chi connectivity index (χ3n) is 3.07. The van der Waals surface area contributed by atoms with Crippen molar-refractivity contribution in [3.05, 3.63) is 63.7 Å². The van der Waals surface area contributed by atoms with Crippen LogP contribution in [0.2, 0.25) is 5.02 Å². The minimum atomic E-state index is -0.147. The first kappa shape index (κ1) is 17.4. The smallest absolute Gasteiger partial charge is 0.187 e. The van der Waals surface area contributed by atoms with Gasteiger partial charge in [0.1, 0.15) is 0 Å². The second kappa shape index (κ2) is 8.04. The molecular formula is C17H15BrClNO3. The minimum absolute atomic E-state index is 0.147. The van der Waals surface area contributed by atoms with E-state index in [2.05, 4.69) is 21.2 Å². The summed E-state index contributed by atoms with van der Waals surface area (Å²) in [6, 6.07) is 10.4. The van der Waals surface area contributed by atoms with Crippen LogP contribution >= 0.6 is 27.5 Å². The maximum Gasteiger partial charge on any atom is 0.187 e. The number of anilines is 1. The summed E-state index contributed by atoms with van der Waals surface area (Å²) < 4.78 is 11.1. The molecule has 6 heteroatoms. The molecule has 2 aromatic carbocycles. The van der Waals surface area contributed by atoms with Crippen LogP contribution in [0.4, 0.5) is 5.69 Å². The lowest BCUT2D eigenvalue weighted by Crippen LogP contribution is -1.98. The molecule has 0 heterocycles. The zero-order chi connectivity index (χ0) is 16.8. The Hall–Kier alpha value is -1.98. The topological polar surface area (TPSA) is 47.6 Å². The molecule has 0 spiro atoms. The first-order valence-electron chi connectivity index (χ1n) is 6.69. The molecular weight excluding hydrogens is 382 g/mol. The maximum absolute atomic E-state index is 12.2. The van der Waals surface area contributed by atoms with Crippen molar-refractivity contribution in [3.63, 3.8) is 0 Å². The summed E-state index contributed by atoms with van der Waals surface area (Å²) in [5.41, 5.74) is 1.33. The molecule has 0 amide bonds. The van der Waals surface area contributed by atoms with Crippen LogP contribution in [0.3, 0.4) is 0 Å². The van der Waals surface area contributed by atoms with E-state index in [1.807, 2.05) is 12.1 Å². The molecule has 0 radical (unpaired) electrons. The van der Waals surface area contributed by atoms with E-state index in [9.17, 15) is 4.79 Å². The van der Waals surface area contributed by atoms with Gasteiger partial charge in [-0.3, -0.25) is 4.79 Å². The van der Waals surface area contributed by atoms with Gasteiger partial charge in [-0.15, -0.1) is 0 Å². The zero-order valence-corrected chi connectivity index (χ0v) is 14.9. The van der Waals surface area contributed by atoms with E-state index in [1.165, 1.54) is 13.2 Å². The summed E-state index contributed by atoms with van der Waals surface area (Å²) in [6.45, 7) is 0. The Bertz CT molecular complexity index is 747. The second-order valence-corrected chi connectivity index (χ2v) is 5.80. The molecule has 0 fully saturated rings. The van der Waals surface area contributed by atoms with E-state index >= 15 is 0 Å². The number of halogens is 2. The number of ketones is 1. The molecule has 0 unspecified atom stereocenters. The summed E-state index contributed by atoms with van der Waals surface area (Å²) in [4.78, 5) is 12.2. The fourth-order valence-electron chi connectivity index (χ4n) is 1.89. The van der Waals surface area contributed by atoms with E-state index in [0.29, 0.717) is 22.1 Å². The van der Waals surface area contributed by atoms with Crippen molar-refractivity contribution in [2.24, 2.45) is 0 Å². The van der Waals surface area contributed by atoms with Crippen LogP contribution in [-0.2, 0) is 0 Å². The predicted molar refractivity (Wildman–Crippen MR) is 95.8 cm³/mol. The molecule has 4 nitrogen and oxygen atoms in total. The fraction of sp³-hybridized carbons (Fsp3) is 0.118. The summed E-state index contributed by atoms with van der Waals surface area (Å²) >= 11 is 9.27. The van der Waals surface area contributed by atoms with E-state index in [1.54, 1.807) is 37.6 Å². The third-order valence-corrected chi connectivity index (χ3v) is 4.29. The summed E-state index contributed by atoms with van der Waals surface area (Å²) in [5.74, 6) is 0.949. The largest absolute Gasteiger partial charge is 0.493 e. The quantitative estimate of drug-likeness (QED) is 0.555. The molecule has 0 saturated carbocycles. The average molecular weight is 397 g/mol. The number of ether oxygens (including phenoxy) is 2. The van der Waals surface area contributed by atoms with E-state index in [-0.39, 0.29) is 5.78 Å². The first-order valence-corrected chi connectivity index (χ1v) is 7.86. The van der Waals surface area contributed by atoms with Gasteiger partial charge in [0.05, 0.1) is 19.2 Å². The van der Waals surface area contributed by atoms with Crippen LogP contribution in [0.5, 0.6) is 11.5 Å². The standard InChI is InChI=1S/C17H15BrClNO3/c1-22-16-6-3-11(9-17(16)23-2)15(21)7-8-20-12-4-5-14(19)13(18)10-12/h3-10,20H,1-2H3/b8-7+. The molecule has 2 rings (SSSR count). The van der Waals surface area contributed by atoms with Crippen LogP contribution in [-0.4, -0.2) is 20.0 Å². The molecule has 0 bridgehead atoms. The number of nitrogens with one attached hydrogen (secondary N) is 1. The zero-order valence-electron chi connectivity index (χ0n) is 12.6. The van der Waals surface area contributed by atoms with Gasteiger partial charge in [0.15, 0.2) is 17.3 Å². The minimum Gasteiger partial charge on any atom is -0.493 e. The van der Waals surface area contributed by atoms with Crippen molar-refractivity contribution in [1.82, 2.24) is 0 Å². The lowest BCUT2D eigenvalue weighted by atomic mass is 10.1. The normalized spacial score (nSPS) is 10.6. The lowest BCUT2D eigenvalue weighted by molar-refractivity contribution is 0.104. The summed E-state index contributed by atoms with van der Waals surface area (Å²) in [7, 11) is 3.08. The van der Waals surface area contributed by atoms with Crippen LogP contribution in [0, 0.1) is 0 Å². The van der Waals surface area contributed by atoms with Crippen molar-refractivity contribution >= 4 is 39.0 Å². The number of hydrogen-bond donors (Lipinski definition) is 1. The molecule has 0 aliphatic carbocycles. The van der Waals surface area contributed by atoms with Crippen LogP contribution < -0.4 is 14.8 Å². The highest BCUT2D eigenvalue weighted by Gasteiger charge is 2.08. The van der Waals surface area contributed by atoms with Crippen molar-refractivity contribution in [1.29, 1.82) is 0 Å². The predicted octanol–water partition coefficient (Wildman–Crippen LogP) is 4.93. The number of carbonyl (C=O) groups is 1. The van der Waals surface area contributed by atoms with Crippen LogP contribution in [0.25, 0.3) is 0 Å². The highest BCUT2D eigenvalue weighted by Crippen LogP contribution is 2.28. The Morgan fingerprint density at radius 1 is 1.13 bits per heavy atom. The molecule has 23 heavy (non-hydrogen) atoms. The molecule has 0 aliphatic heterocycles. The number of allylic oxidation sites excluding steroid dienone is 1. The van der Waals surface area contributed by atoms with Gasteiger partial charge in [-0.05, 0) is 52.3 Å². The fourth-order valence-corrected chi connectivity index (χ4v) is 2.38. The number of carbonyl (C=O) groups excluding carboxylic acids is 1. The van der Waals surface area contributed by atoms with Gasteiger partial charge in [-0.2, -0.15) is 0 Å². The second-order valence-electron chi connectivity index (χ2n) is 4.54. The Morgan fingerprint density at radius 3 is 2.52 bits per heavy atom. The summed E-state index contributed by atoms with van der Waals surface area (Å²) in [5, 5.41) is 3.64. The Balaban J connectivity index is 2.07. The molecule has 0 aromatic heterocycles. The van der Waals surface area contributed by atoms with E-state index in [4.69, 9.17) is 21.1 Å². The van der Waals surface area contributed by atoms with Crippen molar-refractivity contribution < 1.29 is 14.3 Å². The van der Waals surface area contributed by atoms with Gasteiger partial charge in [0.25, 0.3) is 0 Å². The molecule has 1 N–H and O–H groups in total. The molecule has 2 aromatic rings. The lowest BCUT2D eigenvalue weighted by Gasteiger charge is -2.08. The van der Waals surface area contributed by atoms with Gasteiger partial charge in [0.2, 0.25) is 0 Å². The molecule has 0 atom stereocenters. The Labute approximate surface area is 148 Å². The molecule has 0 saturated heterocycles.